The number of amides is 1. The van der Waals surface area contributed by atoms with Crippen molar-refractivity contribution in [2.24, 2.45) is 4.99 Å². The van der Waals surface area contributed by atoms with Gasteiger partial charge in [0.1, 0.15) is 5.82 Å². The number of carbonyl (C=O) groups is 1. The van der Waals surface area contributed by atoms with Gasteiger partial charge >= 0.3 is 0 Å². The van der Waals surface area contributed by atoms with Crippen LogP contribution in [0.25, 0.3) is 0 Å². The molecule has 1 atom stereocenters. The third-order valence-corrected chi connectivity index (χ3v) is 5.96. The molecule has 2 aromatic rings. The molecule has 0 radical (unpaired) electrons. The van der Waals surface area contributed by atoms with Crippen molar-refractivity contribution in [2.75, 3.05) is 57.0 Å². The van der Waals surface area contributed by atoms with Gasteiger partial charge in [-0.2, -0.15) is 0 Å². The second-order valence-corrected chi connectivity index (χ2v) is 8.12. The van der Waals surface area contributed by atoms with Crippen LogP contribution in [0.1, 0.15) is 23.5 Å². The summed E-state index contributed by atoms with van der Waals surface area (Å²) in [6, 6.07) is 12.1. The molecule has 0 bridgehead atoms. The minimum Gasteiger partial charge on any atom is -0.356 e. The molecule has 9 heteroatoms. The van der Waals surface area contributed by atoms with Crippen molar-refractivity contribution in [3.63, 3.8) is 0 Å². The SMILES string of the molecule is CN=C(NCc1cccnc1N1CCN(C)CC1)NCC1CC(=O)Nc2ccccc21.I. The number of likely N-dealkylation sites (N-methyl/N-ethyl adjacent to an activating group) is 1. The Labute approximate surface area is 206 Å². The fraction of sp³-hybridized carbons (Fsp3) is 0.435. The minimum absolute atomic E-state index is 0. The Hall–Kier alpha value is -2.40. The summed E-state index contributed by atoms with van der Waals surface area (Å²) in [6.45, 7) is 5.33. The van der Waals surface area contributed by atoms with Gasteiger partial charge in [0.05, 0.1) is 0 Å². The summed E-state index contributed by atoms with van der Waals surface area (Å²) in [5.74, 6) is 1.93. The first-order valence-electron chi connectivity index (χ1n) is 10.8. The van der Waals surface area contributed by atoms with E-state index in [0.717, 1.165) is 54.8 Å². The number of carbonyl (C=O) groups excluding carboxylic acids is 1. The summed E-state index contributed by atoms with van der Waals surface area (Å²) in [5.41, 5.74) is 3.22. The van der Waals surface area contributed by atoms with Crippen molar-refractivity contribution >= 4 is 47.3 Å². The van der Waals surface area contributed by atoms with Crippen LogP contribution in [0.5, 0.6) is 0 Å². The van der Waals surface area contributed by atoms with Gasteiger partial charge in [-0.15, -0.1) is 24.0 Å². The van der Waals surface area contributed by atoms with Gasteiger partial charge in [-0.05, 0) is 24.7 Å². The number of anilines is 2. The molecule has 2 aliphatic rings. The second kappa shape index (κ2) is 11.5. The fourth-order valence-electron chi connectivity index (χ4n) is 4.17. The molecule has 0 saturated carbocycles. The van der Waals surface area contributed by atoms with Crippen LogP contribution in [-0.4, -0.2) is 68.6 Å². The third kappa shape index (κ3) is 5.89. The molecule has 1 aromatic heterocycles. The molecule has 0 aliphatic carbocycles. The van der Waals surface area contributed by atoms with Crippen LogP contribution >= 0.6 is 24.0 Å². The number of hydrogen-bond donors (Lipinski definition) is 3. The van der Waals surface area contributed by atoms with Crippen molar-refractivity contribution in [3.05, 3.63) is 53.7 Å². The van der Waals surface area contributed by atoms with E-state index >= 15 is 0 Å². The highest BCUT2D eigenvalue weighted by Gasteiger charge is 2.25. The molecule has 0 spiro atoms. The van der Waals surface area contributed by atoms with Gasteiger partial charge in [0.25, 0.3) is 0 Å². The van der Waals surface area contributed by atoms with Crippen molar-refractivity contribution in [1.29, 1.82) is 0 Å². The zero-order valence-corrected chi connectivity index (χ0v) is 21.0. The van der Waals surface area contributed by atoms with E-state index in [0.29, 0.717) is 19.5 Å². The number of nitrogens with zero attached hydrogens (tertiary/aromatic N) is 4. The highest BCUT2D eigenvalue weighted by Crippen LogP contribution is 2.31. The van der Waals surface area contributed by atoms with Crippen molar-refractivity contribution < 1.29 is 4.79 Å². The predicted molar refractivity (Wildman–Crippen MR) is 140 cm³/mol. The summed E-state index contributed by atoms with van der Waals surface area (Å²) in [6.07, 6.45) is 2.33. The number of fused-ring (bicyclic) bond motifs is 1. The van der Waals surface area contributed by atoms with Crippen LogP contribution < -0.4 is 20.9 Å². The average molecular weight is 549 g/mol. The van der Waals surface area contributed by atoms with E-state index in [2.05, 4.69) is 54.9 Å². The lowest BCUT2D eigenvalue weighted by atomic mass is 9.90. The zero-order chi connectivity index (χ0) is 21.6. The van der Waals surface area contributed by atoms with Gasteiger partial charge in [-0.1, -0.05) is 24.3 Å². The molecule has 1 fully saturated rings. The largest absolute Gasteiger partial charge is 0.356 e. The number of aliphatic imine (C=N–C) groups is 1. The first kappa shape index (κ1) is 24.2. The summed E-state index contributed by atoms with van der Waals surface area (Å²) < 4.78 is 0. The lowest BCUT2D eigenvalue weighted by molar-refractivity contribution is -0.116. The molecular formula is C23H32IN7O. The molecule has 1 unspecified atom stereocenters. The maximum absolute atomic E-state index is 12.1. The Kier molecular flexibility index (Phi) is 8.68. The summed E-state index contributed by atoms with van der Waals surface area (Å²) in [5, 5.41) is 9.75. The van der Waals surface area contributed by atoms with Crippen molar-refractivity contribution in [3.8, 4) is 0 Å². The van der Waals surface area contributed by atoms with E-state index in [1.165, 1.54) is 0 Å². The number of nitrogens with one attached hydrogen (secondary N) is 3. The summed E-state index contributed by atoms with van der Waals surface area (Å²) in [7, 11) is 3.92. The molecule has 1 saturated heterocycles. The van der Waals surface area contributed by atoms with Crippen molar-refractivity contribution in [1.82, 2.24) is 20.5 Å². The van der Waals surface area contributed by atoms with Gasteiger partial charge in [0, 0.05) is 76.1 Å². The van der Waals surface area contributed by atoms with E-state index in [1.807, 2.05) is 30.5 Å². The molecule has 2 aliphatic heterocycles. The molecule has 3 heterocycles. The fourth-order valence-corrected chi connectivity index (χ4v) is 4.17. The molecule has 32 heavy (non-hydrogen) atoms. The monoisotopic (exact) mass is 549 g/mol. The van der Waals surface area contributed by atoms with Gasteiger partial charge in [-0.25, -0.2) is 4.98 Å². The number of piperazine rings is 1. The normalized spacial score (nSPS) is 18.9. The third-order valence-electron chi connectivity index (χ3n) is 5.96. The summed E-state index contributed by atoms with van der Waals surface area (Å²) >= 11 is 0. The Bertz CT molecular complexity index is 943. The van der Waals surface area contributed by atoms with E-state index in [-0.39, 0.29) is 35.8 Å². The van der Waals surface area contributed by atoms with Gasteiger partial charge in [0.15, 0.2) is 5.96 Å². The number of para-hydroxylation sites is 1. The standard InChI is InChI=1S/C23H31N7O.HI/c1-24-23(27-16-18-14-21(31)28-20-8-4-3-7-19(18)20)26-15-17-6-5-9-25-22(17)30-12-10-29(2)11-13-30;/h3-9,18H,10-16H2,1-2H3,(H,28,31)(H2,24,26,27);1H. The number of rotatable bonds is 5. The zero-order valence-electron chi connectivity index (χ0n) is 18.7. The molecule has 1 aromatic carbocycles. The highest BCUT2D eigenvalue weighted by atomic mass is 127. The van der Waals surface area contributed by atoms with Crippen LogP contribution in [0.2, 0.25) is 0 Å². The first-order valence-corrected chi connectivity index (χ1v) is 10.8. The lowest BCUT2D eigenvalue weighted by Crippen LogP contribution is -2.45. The highest BCUT2D eigenvalue weighted by molar-refractivity contribution is 14.0. The molecule has 172 valence electrons. The maximum atomic E-state index is 12.1. The first-order chi connectivity index (χ1) is 15.1. The molecule has 8 nitrogen and oxygen atoms in total. The van der Waals surface area contributed by atoms with E-state index in [9.17, 15) is 4.79 Å². The Morgan fingerprint density at radius 2 is 1.94 bits per heavy atom. The Morgan fingerprint density at radius 1 is 1.16 bits per heavy atom. The second-order valence-electron chi connectivity index (χ2n) is 8.12. The Morgan fingerprint density at radius 3 is 2.72 bits per heavy atom. The predicted octanol–water partition coefficient (Wildman–Crippen LogP) is 2.24. The summed E-state index contributed by atoms with van der Waals surface area (Å²) in [4.78, 5) is 25.8. The van der Waals surface area contributed by atoms with Crippen LogP contribution in [0.15, 0.2) is 47.6 Å². The maximum Gasteiger partial charge on any atom is 0.225 e. The van der Waals surface area contributed by atoms with Crippen LogP contribution in [0.4, 0.5) is 11.5 Å². The van der Waals surface area contributed by atoms with E-state index < -0.39 is 0 Å². The number of hydrogen-bond acceptors (Lipinski definition) is 5. The van der Waals surface area contributed by atoms with Crippen LogP contribution in [-0.2, 0) is 11.3 Å². The number of pyridine rings is 1. The topological polar surface area (TPSA) is 84.9 Å². The Balaban J connectivity index is 0.00000289. The van der Waals surface area contributed by atoms with Crippen molar-refractivity contribution in [2.45, 2.75) is 18.9 Å². The molecular weight excluding hydrogens is 517 g/mol. The number of benzene rings is 1. The van der Waals surface area contributed by atoms with E-state index in [1.54, 1.807) is 7.05 Å². The number of guanidine groups is 1. The smallest absolute Gasteiger partial charge is 0.225 e. The number of halogens is 1. The quantitative estimate of drug-likeness (QED) is 0.302. The van der Waals surface area contributed by atoms with Crippen LogP contribution in [0, 0.1) is 0 Å². The van der Waals surface area contributed by atoms with Gasteiger partial charge in [0.2, 0.25) is 5.91 Å². The van der Waals surface area contributed by atoms with Gasteiger partial charge < -0.3 is 25.8 Å². The molecule has 4 rings (SSSR count). The lowest BCUT2D eigenvalue weighted by Gasteiger charge is -2.34. The number of aromatic nitrogens is 1. The average Bonchev–Trinajstić information content (AvgIpc) is 2.80. The molecule has 1 amide bonds. The molecule has 3 N–H and O–H groups in total. The minimum atomic E-state index is 0. The van der Waals surface area contributed by atoms with E-state index in [4.69, 9.17) is 0 Å². The van der Waals surface area contributed by atoms with Gasteiger partial charge in [-0.3, -0.25) is 9.79 Å². The van der Waals surface area contributed by atoms with Crippen LogP contribution in [0.3, 0.4) is 0 Å².